The van der Waals surface area contributed by atoms with E-state index in [2.05, 4.69) is 15.3 Å². The number of ether oxygens (including phenoxy) is 2. The van der Waals surface area contributed by atoms with Gasteiger partial charge in [0.25, 0.3) is 5.91 Å². The number of hydrogen-bond donors (Lipinski definition) is 2. The monoisotopic (exact) mass is 520 g/mol. The predicted molar refractivity (Wildman–Crippen MR) is 141 cm³/mol. The molecule has 0 unspecified atom stereocenters. The number of hydrogen-bond acceptors (Lipinski definition) is 6. The molecule has 0 atom stereocenters. The van der Waals surface area contributed by atoms with Crippen LogP contribution in [0.25, 0.3) is 11.0 Å². The summed E-state index contributed by atoms with van der Waals surface area (Å²) >= 11 is 0. The van der Waals surface area contributed by atoms with Crippen LogP contribution < -0.4 is 14.8 Å². The summed E-state index contributed by atoms with van der Waals surface area (Å²) in [6, 6.07) is 19.0. The molecule has 4 aromatic rings. The zero-order valence-corrected chi connectivity index (χ0v) is 21.4. The van der Waals surface area contributed by atoms with Crippen molar-refractivity contribution in [2.24, 2.45) is 0 Å². The number of benzene rings is 3. The second-order valence-electron chi connectivity index (χ2n) is 8.90. The van der Waals surface area contributed by atoms with E-state index >= 15 is 0 Å². The van der Waals surface area contributed by atoms with Crippen LogP contribution >= 0.6 is 0 Å². The Morgan fingerprint density at radius 2 is 1.62 bits per heavy atom. The number of imidazole rings is 1. The van der Waals surface area contributed by atoms with Crippen molar-refractivity contribution in [3.05, 3.63) is 78.1 Å². The van der Waals surface area contributed by atoms with Crippen molar-refractivity contribution in [1.29, 1.82) is 0 Å². The average Bonchev–Trinajstić information content (AvgIpc) is 3.37. The number of H-pyrrole nitrogens is 1. The van der Waals surface area contributed by atoms with Gasteiger partial charge in [0.05, 0.1) is 30.1 Å². The Morgan fingerprint density at radius 1 is 0.973 bits per heavy atom. The van der Waals surface area contributed by atoms with Gasteiger partial charge in [-0.2, -0.15) is 4.31 Å². The minimum atomic E-state index is -3.65. The number of fused-ring (bicyclic) bond motifs is 1. The van der Waals surface area contributed by atoms with E-state index in [0.29, 0.717) is 48.7 Å². The van der Waals surface area contributed by atoms with Crippen LogP contribution in [0.15, 0.2) is 71.6 Å². The molecule has 0 saturated carbocycles. The first-order valence-corrected chi connectivity index (χ1v) is 13.4. The number of sulfonamides is 1. The van der Waals surface area contributed by atoms with Gasteiger partial charge in [-0.25, -0.2) is 13.4 Å². The number of anilines is 1. The van der Waals surface area contributed by atoms with E-state index < -0.39 is 10.0 Å². The topological polar surface area (TPSA) is 114 Å². The predicted octanol–water partition coefficient (Wildman–Crippen LogP) is 4.40. The summed E-state index contributed by atoms with van der Waals surface area (Å²) < 4.78 is 38.5. The third-order valence-electron chi connectivity index (χ3n) is 6.61. The first-order chi connectivity index (χ1) is 17.9. The molecule has 0 aliphatic carbocycles. The highest BCUT2D eigenvalue weighted by atomic mass is 32.2. The maximum absolute atomic E-state index is 13.3. The van der Waals surface area contributed by atoms with Crippen LogP contribution in [0.1, 0.15) is 34.9 Å². The SMILES string of the molecule is COc1cc(OC)cc(C(=O)Nc2ccc(S(=O)(=O)N3CCC(c4nc5ccccc5[nH]4)CC3)cc2)c1. The van der Waals surface area contributed by atoms with Crippen molar-refractivity contribution in [2.75, 3.05) is 32.6 Å². The number of rotatable bonds is 7. The van der Waals surface area contributed by atoms with Crippen LogP contribution in [-0.2, 0) is 10.0 Å². The molecular weight excluding hydrogens is 492 g/mol. The molecule has 1 saturated heterocycles. The molecule has 37 heavy (non-hydrogen) atoms. The molecule has 1 amide bonds. The highest BCUT2D eigenvalue weighted by molar-refractivity contribution is 7.89. The molecule has 1 aromatic heterocycles. The van der Waals surface area contributed by atoms with E-state index in [1.165, 1.54) is 30.7 Å². The first-order valence-electron chi connectivity index (χ1n) is 12.0. The van der Waals surface area contributed by atoms with E-state index in [1.54, 1.807) is 30.3 Å². The maximum atomic E-state index is 13.3. The minimum absolute atomic E-state index is 0.187. The van der Waals surface area contributed by atoms with Gasteiger partial charge in [0.1, 0.15) is 17.3 Å². The molecule has 2 N–H and O–H groups in total. The fraction of sp³-hybridized carbons (Fsp3) is 0.259. The van der Waals surface area contributed by atoms with Crippen molar-refractivity contribution in [1.82, 2.24) is 14.3 Å². The maximum Gasteiger partial charge on any atom is 0.255 e. The fourth-order valence-electron chi connectivity index (χ4n) is 4.54. The van der Waals surface area contributed by atoms with Crippen molar-refractivity contribution in [3.8, 4) is 11.5 Å². The van der Waals surface area contributed by atoms with Crippen LogP contribution in [0, 0.1) is 0 Å². The summed E-state index contributed by atoms with van der Waals surface area (Å²) in [5.74, 6) is 1.73. The van der Waals surface area contributed by atoms with Gasteiger partial charge in [-0.1, -0.05) is 12.1 Å². The zero-order chi connectivity index (χ0) is 26.0. The minimum Gasteiger partial charge on any atom is -0.497 e. The molecule has 0 bridgehead atoms. The second kappa shape index (κ2) is 10.2. The lowest BCUT2D eigenvalue weighted by molar-refractivity contribution is 0.102. The Balaban J connectivity index is 1.23. The molecule has 2 heterocycles. The van der Waals surface area contributed by atoms with Gasteiger partial charge in [0, 0.05) is 36.3 Å². The Kier molecular flexibility index (Phi) is 6.86. The molecule has 192 valence electrons. The molecule has 10 heteroatoms. The number of methoxy groups -OCH3 is 2. The second-order valence-corrected chi connectivity index (χ2v) is 10.8. The molecule has 1 aliphatic heterocycles. The van der Waals surface area contributed by atoms with Crippen molar-refractivity contribution in [2.45, 2.75) is 23.7 Å². The highest BCUT2D eigenvalue weighted by Gasteiger charge is 2.31. The molecule has 3 aromatic carbocycles. The number of carbonyl (C=O) groups is 1. The molecule has 9 nitrogen and oxygen atoms in total. The number of nitrogens with one attached hydrogen (secondary N) is 2. The molecule has 5 rings (SSSR count). The Hall–Kier alpha value is -3.89. The summed E-state index contributed by atoms with van der Waals surface area (Å²) in [6.07, 6.45) is 1.38. The molecule has 1 fully saturated rings. The van der Waals surface area contributed by atoms with Crippen LogP contribution in [0.3, 0.4) is 0 Å². The number of piperidine rings is 1. The van der Waals surface area contributed by atoms with Gasteiger partial charge in [0.2, 0.25) is 10.0 Å². The lowest BCUT2D eigenvalue weighted by atomic mass is 9.97. The molecular formula is C27H28N4O5S. The molecule has 0 radical (unpaired) electrons. The smallest absolute Gasteiger partial charge is 0.255 e. The standard InChI is InChI=1S/C27H28N4O5S/c1-35-21-15-19(16-22(17-21)36-2)27(32)28-20-7-9-23(10-8-20)37(33,34)31-13-11-18(12-14-31)26-29-24-5-3-4-6-25(24)30-26/h3-10,15-18H,11-14H2,1-2H3,(H,28,32)(H,29,30). The molecule has 1 aliphatic rings. The van der Waals surface area contributed by atoms with Gasteiger partial charge in [-0.05, 0) is 61.4 Å². The van der Waals surface area contributed by atoms with E-state index in [1.807, 2.05) is 24.3 Å². The normalized spacial score (nSPS) is 15.0. The Morgan fingerprint density at radius 3 is 2.24 bits per heavy atom. The number of nitrogens with zero attached hydrogens (tertiary/aromatic N) is 2. The fourth-order valence-corrected chi connectivity index (χ4v) is 6.01. The van der Waals surface area contributed by atoms with Gasteiger partial charge in [-0.3, -0.25) is 4.79 Å². The van der Waals surface area contributed by atoms with E-state index in [4.69, 9.17) is 9.47 Å². The van der Waals surface area contributed by atoms with E-state index in [-0.39, 0.29) is 16.7 Å². The lowest BCUT2D eigenvalue weighted by Gasteiger charge is -2.30. The zero-order valence-electron chi connectivity index (χ0n) is 20.6. The summed E-state index contributed by atoms with van der Waals surface area (Å²) in [4.78, 5) is 21.0. The molecule has 0 spiro atoms. The number of aromatic nitrogens is 2. The summed E-state index contributed by atoms with van der Waals surface area (Å²) in [5.41, 5.74) is 2.75. The van der Waals surface area contributed by atoms with Crippen molar-refractivity contribution >= 4 is 32.7 Å². The van der Waals surface area contributed by atoms with Crippen LogP contribution in [0.5, 0.6) is 11.5 Å². The largest absolute Gasteiger partial charge is 0.497 e. The lowest BCUT2D eigenvalue weighted by Crippen LogP contribution is -2.38. The summed E-state index contributed by atoms with van der Waals surface area (Å²) in [6.45, 7) is 0.834. The number of amides is 1. The first kappa shape index (κ1) is 24.8. The van der Waals surface area contributed by atoms with Gasteiger partial charge >= 0.3 is 0 Å². The number of aromatic amines is 1. The number of carbonyl (C=O) groups excluding carboxylic acids is 1. The van der Waals surface area contributed by atoms with Crippen LogP contribution in [0.4, 0.5) is 5.69 Å². The highest BCUT2D eigenvalue weighted by Crippen LogP contribution is 2.31. The summed E-state index contributed by atoms with van der Waals surface area (Å²) in [5, 5.41) is 2.79. The third kappa shape index (κ3) is 5.16. The number of para-hydroxylation sites is 2. The van der Waals surface area contributed by atoms with E-state index in [9.17, 15) is 13.2 Å². The van der Waals surface area contributed by atoms with Gasteiger partial charge < -0.3 is 19.8 Å². The third-order valence-corrected chi connectivity index (χ3v) is 8.52. The summed E-state index contributed by atoms with van der Waals surface area (Å²) in [7, 11) is -0.629. The van der Waals surface area contributed by atoms with Crippen LogP contribution in [0.2, 0.25) is 0 Å². The Bertz CT molecular complexity index is 1470. The van der Waals surface area contributed by atoms with Gasteiger partial charge in [0.15, 0.2) is 0 Å². The van der Waals surface area contributed by atoms with Gasteiger partial charge in [-0.15, -0.1) is 0 Å². The van der Waals surface area contributed by atoms with Crippen LogP contribution in [-0.4, -0.2) is 55.9 Å². The quantitative estimate of drug-likeness (QED) is 0.373. The van der Waals surface area contributed by atoms with Crippen molar-refractivity contribution in [3.63, 3.8) is 0 Å². The average molecular weight is 521 g/mol. The van der Waals surface area contributed by atoms with Crippen molar-refractivity contribution < 1.29 is 22.7 Å². The Labute approximate surface area is 215 Å². The van der Waals surface area contributed by atoms with E-state index in [0.717, 1.165) is 16.9 Å².